The third-order valence-corrected chi connectivity index (χ3v) is 2.92. The first-order valence-electron chi connectivity index (χ1n) is 6.35. The van der Waals surface area contributed by atoms with E-state index in [0.29, 0.717) is 12.2 Å². The minimum absolute atomic E-state index is 0.114. The van der Waals surface area contributed by atoms with E-state index < -0.39 is 0 Å². The second kappa shape index (κ2) is 6.39. The van der Waals surface area contributed by atoms with E-state index in [0.717, 1.165) is 13.1 Å². The number of nitrogens with one attached hydrogen (secondary N) is 1. The zero-order valence-electron chi connectivity index (χ0n) is 12.3. The van der Waals surface area contributed by atoms with Crippen molar-refractivity contribution in [2.75, 3.05) is 32.5 Å². The molecule has 5 nitrogen and oxygen atoms in total. The molecular weight excluding hydrogens is 264 g/mol. The van der Waals surface area contributed by atoms with Crippen molar-refractivity contribution in [3.8, 4) is 0 Å². The Labute approximate surface area is 119 Å². The van der Waals surface area contributed by atoms with Crippen molar-refractivity contribution in [3.05, 3.63) is 21.6 Å². The lowest BCUT2D eigenvalue weighted by Crippen LogP contribution is -2.30. The first-order chi connectivity index (χ1) is 8.70. The first kappa shape index (κ1) is 16.0. The SMILES string of the molecule is CN(C)CCn1ncc(NCC(C)(C)C)c(Cl)c1=O. The molecule has 0 atom stereocenters. The van der Waals surface area contributed by atoms with Gasteiger partial charge in [0.2, 0.25) is 0 Å². The van der Waals surface area contributed by atoms with Crippen LogP contribution in [0.3, 0.4) is 0 Å². The monoisotopic (exact) mass is 286 g/mol. The van der Waals surface area contributed by atoms with Crippen LogP contribution in [-0.2, 0) is 6.54 Å². The van der Waals surface area contributed by atoms with Gasteiger partial charge in [-0.05, 0) is 19.5 Å². The number of halogens is 1. The maximum Gasteiger partial charge on any atom is 0.287 e. The zero-order valence-corrected chi connectivity index (χ0v) is 13.1. The Morgan fingerprint density at radius 1 is 1.42 bits per heavy atom. The highest BCUT2D eigenvalue weighted by Gasteiger charge is 2.13. The molecule has 0 spiro atoms. The molecule has 1 aromatic heterocycles. The van der Waals surface area contributed by atoms with Gasteiger partial charge in [-0.15, -0.1) is 0 Å². The van der Waals surface area contributed by atoms with Crippen molar-refractivity contribution in [1.29, 1.82) is 0 Å². The molecule has 0 unspecified atom stereocenters. The van der Waals surface area contributed by atoms with Gasteiger partial charge in [-0.25, -0.2) is 4.68 Å². The van der Waals surface area contributed by atoms with Crippen LogP contribution < -0.4 is 10.9 Å². The highest BCUT2D eigenvalue weighted by atomic mass is 35.5. The Morgan fingerprint density at radius 2 is 2.05 bits per heavy atom. The lowest BCUT2D eigenvalue weighted by molar-refractivity contribution is 0.367. The van der Waals surface area contributed by atoms with Gasteiger partial charge in [-0.3, -0.25) is 4.79 Å². The van der Waals surface area contributed by atoms with Crippen LogP contribution >= 0.6 is 11.6 Å². The van der Waals surface area contributed by atoms with E-state index in [-0.39, 0.29) is 16.0 Å². The predicted octanol–water partition coefficient (Wildman–Crippen LogP) is 1.92. The lowest BCUT2D eigenvalue weighted by Gasteiger charge is -2.20. The molecule has 1 N–H and O–H groups in total. The van der Waals surface area contributed by atoms with Crippen LogP contribution in [0.2, 0.25) is 5.02 Å². The first-order valence-corrected chi connectivity index (χ1v) is 6.73. The highest BCUT2D eigenvalue weighted by molar-refractivity contribution is 6.32. The molecule has 108 valence electrons. The van der Waals surface area contributed by atoms with Crippen LogP contribution in [0.25, 0.3) is 0 Å². The van der Waals surface area contributed by atoms with E-state index in [4.69, 9.17) is 11.6 Å². The zero-order chi connectivity index (χ0) is 14.6. The van der Waals surface area contributed by atoms with Crippen LogP contribution in [0, 0.1) is 5.41 Å². The van der Waals surface area contributed by atoms with Crippen LogP contribution in [0.4, 0.5) is 5.69 Å². The van der Waals surface area contributed by atoms with Crippen molar-refractivity contribution in [2.24, 2.45) is 5.41 Å². The number of rotatable bonds is 5. The van der Waals surface area contributed by atoms with Gasteiger partial charge < -0.3 is 10.2 Å². The average molecular weight is 287 g/mol. The number of anilines is 1. The Bertz CT molecular complexity index is 477. The summed E-state index contributed by atoms with van der Waals surface area (Å²) in [6, 6.07) is 0. The smallest absolute Gasteiger partial charge is 0.287 e. The van der Waals surface area contributed by atoms with Crippen LogP contribution in [0.5, 0.6) is 0 Å². The van der Waals surface area contributed by atoms with Crippen molar-refractivity contribution in [1.82, 2.24) is 14.7 Å². The molecule has 0 aromatic carbocycles. The predicted molar refractivity (Wildman–Crippen MR) is 80.0 cm³/mol. The number of hydrogen-bond acceptors (Lipinski definition) is 4. The largest absolute Gasteiger partial charge is 0.382 e. The summed E-state index contributed by atoms with van der Waals surface area (Å²) in [4.78, 5) is 14.0. The van der Waals surface area contributed by atoms with Crippen molar-refractivity contribution < 1.29 is 0 Å². The number of nitrogens with zero attached hydrogens (tertiary/aromatic N) is 3. The van der Waals surface area contributed by atoms with E-state index in [1.54, 1.807) is 6.20 Å². The molecule has 0 fully saturated rings. The summed E-state index contributed by atoms with van der Waals surface area (Å²) in [6.07, 6.45) is 1.62. The molecular formula is C13H23ClN4O. The van der Waals surface area contributed by atoms with Crippen molar-refractivity contribution in [3.63, 3.8) is 0 Å². The summed E-state index contributed by atoms with van der Waals surface area (Å²) in [6.45, 7) is 8.34. The summed E-state index contributed by atoms with van der Waals surface area (Å²) >= 11 is 6.09. The third-order valence-electron chi connectivity index (χ3n) is 2.55. The van der Waals surface area contributed by atoms with Gasteiger partial charge >= 0.3 is 0 Å². The molecule has 0 amide bonds. The van der Waals surface area contributed by atoms with Gasteiger partial charge in [0.05, 0.1) is 18.4 Å². The molecule has 0 aliphatic rings. The summed E-state index contributed by atoms with van der Waals surface area (Å²) < 4.78 is 1.39. The number of likely N-dealkylation sites (N-methyl/N-ethyl adjacent to an activating group) is 1. The summed E-state index contributed by atoms with van der Waals surface area (Å²) in [7, 11) is 3.90. The lowest BCUT2D eigenvalue weighted by atomic mass is 9.97. The Kier molecular flexibility index (Phi) is 5.38. The quantitative estimate of drug-likeness (QED) is 0.898. The van der Waals surface area contributed by atoms with Gasteiger partial charge in [-0.2, -0.15) is 5.10 Å². The van der Waals surface area contributed by atoms with E-state index in [1.165, 1.54) is 4.68 Å². The Morgan fingerprint density at radius 3 is 2.58 bits per heavy atom. The summed E-state index contributed by atoms with van der Waals surface area (Å²) in [5.41, 5.74) is 0.466. The molecule has 1 rings (SSSR count). The molecule has 6 heteroatoms. The molecule has 19 heavy (non-hydrogen) atoms. The van der Waals surface area contributed by atoms with E-state index in [1.807, 2.05) is 19.0 Å². The fraction of sp³-hybridized carbons (Fsp3) is 0.692. The number of hydrogen-bond donors (Lipinski definition) is 1. The second-order valence-electron chi connectivity index (χ2n) is 6.12. The molecule has 0 saturated heterocycles. The van der Waals surface area contributed by atoms with Gasteiger partial charge in [0.25, 0.3) is 5.56 Å². The van der Waals surface area contributed by atoms with Gasteiger partial charge in [-0.1, -0.05) is 32.4 Å². The minimum Gasteiger partial charge on any atom is -0.382 e. The van der Waals surface area contributed by atoms with Gasteiger partial charge in [0.15, 0.2) is 0 Å². The van der Waals surface area contributed by atoms with Crippen LogP contribution in [-0.4, -0.2) is 41.9 Å². The topological polar surface area (TPSA) is 50.2 Å². The minimum atomic E-state index is -0.248. The summed E-state index contributed by atoms with van der Waals surface area (Å²) in [5, 5.41) is 7.52. The fourth-order valence-electron chi connectivity index (χ4n) is 1.40. The van der Waals surface area contributed by atoms with E-state index >= 15 is 0 Å². The third kappa shape index (κ3) is 5.20. The maximum atomic E-state index is 12.0. The standard InChI is InChI=1S/C13H23ClN4O/c1-13(2,3)9-15-10-8-16-18(7-6-17(4)5)12(19)11(10)14/h8,15H,6-7,9H2,1-5H3. The molecule has 1 heterocycles. The Balaban J connectivity index is 2.83. The molecule has 1 aromatic rings. The fourth-order valence-corrected chi connectivity index (χ4v) is 1.62. The van der Waals surface area contributed by atoms with Crippen molar-refractivity contribution in [2.45, 2.75) is 27.3 Å². The van der Waals surface area contributed by atoms with Crippen molar-refractivity contribution >= 4 is 17.3 Å². The Hall–Kier alpha value is -1.07. The maximum absolute atomic E-state index is 12.0. The molecule has 0 bridgehead atoms. The number of aromatic nitrogens is 2. The second-order valence-corrected chi connectivity index (χ2v) is 6.50. The summed E-state index contributed by atoms with van der Waals surface area (Å²) in [5.74, 6) is 0. The van der Waals surface area contributed by atoms with Gasteiger partial charge in [0.1, 0.15) is 5.02 Å². The molecule has 0 saturated carbocycles. The molecule has 0 aliphatic heterocycles. The normalized spacial score (nSPS) is 11.9. The average Bonchev–Trinajstić information content (AvgIpc) is 2.28. The molecule has 0 radical (unpaired) electrons. The highest BCUT2D eigenvalue weighted by Crippen LogP contribution is 2.19. The van der Waals surface area contributed by atoms with Crippen LogP contribution in [0.1, 0.15) is 20.8 Å². The van der Waals surface area contributed by atoms with E-state index in [9.17, 15) is 4.79 Å². The van der Waals surface area contributed by atoms with Crippen LogP contribution in [0.15, 0.2) is 11.0 Å². The van der Waals surface area contributed by atoms with E-state index in [2.05, 4.69) is 31.2 Å². The van der Waals surface area contributed by atoms with Gasteiger partial charge in [0, 0.05) is 13.1 Å². The molecule has 0 aliphatic carbocycles.